The molecule has 3 aromatic carbocycles. The highest BCUT2D eigenvalue weighted by molar-refractivity contribution is 6.04. The van der Waals surface area contributed by atoms with E-state index in [1.54, 1.807) is 36.4 Å². The molecule has 7 nitrogen and oxygen atoms in total. The lowest BCUT2D eigenvalue weighted by atomic mass is 10.0. The van der Waals surface area contributed by atoms with Crippen LogP contribution in [-0.4, -0.2) is 16.9 Å². The number of nitrogens with two attached hydrogens (primary N) is 1. The molecule has 0 radical (unpaired) electrons. The van der Waals surface area contributed by atoms with Crippen molar-refractivity contribution >= 4 is 23.4 Å². The lowest BCUT2D eigenvalue weighted by Gasteiger charge is -2.10. The minimum Gasteiger partial charge on any atom is -0.384 e. The number of nitrogens with one attached hydrogen (secondary N) is 3. The average Bonchev–Trinajstić information content (AvgIpc) is 2.87. The summed E-state index contributed by atoms with van der Waals surface area (Å²) in [5.74, 6) is 0.0852. The molecular formula is C27H25N5O2. The third-order valence-corrected chi connectivity index (χ3v) is 5.20. The number of hydrogen-bond acceptors (Lipinski definition) is 4. The van der Waals surface area contributed by atoms with E-state index in [0.717, 1.165) is 22.3 Å². The lowest BCUT2D eigenvalue weighted by Crippen LogP contribution is -2.34. The van der Waals surface area contributed by atoms with Crippen LogP contribution in [0.4, 0.5) is 16.3 Å². The molecule has 1 aromatic heterocycles. The van der Waals surface area contributed by atoms with Crippen molar-refractivity contribution < 1.29 is 9.59 Å². The molecule has 34 heavy (non-hydrogen) atoms. The zero-order valence-corrected chi connectivity index (χ0v) is 18.5. The number of carbonyl (C=O) groups is 2. The van der Waals surface area contributed by atoms with Crippen molar-refractivity contribution in [1.29, 1.82) is 0 Å². The van der Waals surface area contributed by atoms with Gasteiger partial charge < -0.3 is 21.7 Å². The largest absolute Gasteiger partial charge is 0.384 e. The van der Waals surface area contributed by atoms with Crippen LogP contribution in [0.3, 0.4) is 0 Å². The Labute approximate surface area is 198 Å². The fraction of sp³-hybridized carbons (Fsp3) is 0.0741. The maximum atomic E-state index is 12.4. The highest BCUT2D eigenvalue weighted by atomic mass is 16.2. The molecule has 0 bridgehead atoms. The van der Waals surface area contributed by atoms with Crippen molar-refractivity contribution in [2.24, 2.45) is 0 Å². The summed E-state index contributed by atoms with van der Waals surface area (Å²) in [6.45, 7) is 0.768. The summed E-state index contributed by atoms with van der Waals surface area (Å²) in [6.07, 6.45) is 1.53. The minimum absolute atomic E-state index is 0.249. The smallest absolute Gasteiger partial charge is 0.315 e. The summed E-state index contributed by atoms with van der Waals surface area (Å²) >= 11 is 0. The number of urea groups is 1. The van der Waals surface area contributed by atoms with E-state index in [-0.39, 0.29) is 11.9 Å². The van der Waals surface area contributed by atoms with E-state index >= 15 is 0 Å². The summed E-state index contributed by atoms with van der Waals surface area (Å²) in [5, 5.41) is 8.50. The van der Waals surface area contributed by atoms with Gasteiger partial charge in [0.05, 0.1) is 0 Å². The maximum absolute atomic E-state index is 12.4. The lowest BCUT2D eigenvalue weighted by molar-refractivity contribution is 0.102. The molecule has 0 atom stereocenters. The summed E-state index contributed by atoms with van der Waals surface area (Å²) in [5.41, 5.74) is 10.9. The van der Waals surface area contributed by atoms with Gasteiger partial charge in [-0.1, -0.05) is 60.7 Å². The second kappa shape index (κ2) is 10.8. The van der Waals surface area contributed by atoms with Gasteiger partial charge in [-0.2, -0.15) is 0 Å². The van der Waals surface area contributed by atoms with Crippen molar-refractivity contribution in [3.63, 3.8) is 0 Å². The average molecular weight is 452 g/mol. The second-order valence-corrected chi connectivity index (χ2v) is 7.72. The van der Waals surface area contributed by atoms with Crippen molar-refractivity contribution in [1.82, 2.24) is 15.6 Å². The predicted octanol–water partition coefficient (Wildman–Crippen LogP) is 4.58. The van der Waals surface area contributed by atoms with Gasteiger partial charge in [0.2, 0.25) is 0 Å². The number of amides is 3. The Morgan fingerprint density at radius 1 is 0.735 bits per heavy atom. The van der Waals surface area contributed by atoms with E-state index in [9.17, 15) is 9.59 Å². The van der Waals surface area contributed by atoms with Crippen LogP contribution in [0.25, 0.3) is 11.1 Å². The molecule has 0 spiro atoms. The highest BCUT2D eigenvalue weighted by Gasteiger charge is 2.07. The van der Waals surface area contributed by atoms with E-state index < -0.39 is 0 Å². The van der Waals surface area contributed by atoms with Crippen LogP contribution in [-0.2, 0) is 13.1 Å². The first-order valence-electron chi connectivity index (χ1n) is 10.8. The molecule has 7 heteroatoms. The van der Waals surface area contributed by atoms with E-state index in [2.05, 4.69) is 45.2 Å². The number of nitrogens with zero attached hydrogens (tertiary/aromatic N) is 1. The van der Waals surface area contributed by atoms with Gasteiger partial charge in [-0.3, -0.25) is 4.79 Å². The van der Waals surface area contributed by atoms with Gasteiger partial charge in [-0.15, -0.1) is 0 Å². The van der Waals surface area contributed by atoms with Crippen LogP contribution in [0.5, 0.6) is 0 Å². The molecule has 0 aliphatic rings. The van der Waals surface area contributed by atoms with Crippen LogP contribution in [0.1, 0.15) is 21.5 Å². The number of benzene rings is 3. The van der Waals surface area contributed by atoms with Crippen molar-refractivity contribution in [2.75, 3.05) is 11.1 Å². The molecule has 4 aromatic rings. The summed E-state index contributed by atoms with van der Waals surface area (Å²) in [4.78, 5) is 28.5. The Hall–Kier alpha value is -4.65. The number of anilines is 2. The van der Waals surface area contributed by atoms with Crippen molar-refractivity contribution in [3.8, 4) is 11.1 Å². The molecule has 0 saturated carbocycles. The number of pyridine rings is 1. The molecule has 170 valence electrons. The zero-order chi connectivity index (χ0) is 23.8. The Balaban J connectivity index is 1.25. The van der Waals surface area contributed by atoms with E-state index in [1.807, 2.05) is 30.3 Å². The molecule has 0 aliphatic heterocycles. The Morgan fingerprint density at radius 2 is 1.44 bits per heavy atom. The van der Waals surface area contributed by atoms with E-state index in [0.29, 0.717) is 30.2 Å². The first-order valence-corrected chi connectivity index (χ1v) is 10.8. The van der Waals surface area contributed by atoms with Crippen molar-refractivity contribution in [3.05, 3.63) is 114 Å². The number of carbonyl (C=O) groups excluding carboxylic acids is 2. The van der Waals surface area contributed by atoms with Crippen LogP contribution in [0, 0.1) is 0 Å². The van der Waals surface area contributed by atoms with Gasteiger partial charge >= 0.3 is 6.03 Å². The molecule has 3 amide bonds. The van der Waals surface area contributed by atoms with Gasteiger partial charge in [0.15, 0.2) is 0 Å². The summed E-state index contributed by atoms with van der Waals surface area (Å²) < 4.78 is 0. The molecule has 4 rings (SSSR count). The first kappa shape index (κ1) is 22.5. The summed E-state index contributed by atoms with van der Waals surface area (Å²) in [6, 6.07) is 28.2. The third kappa shape index (κ3) is 6.20. The van der Waals surface area contributed by atoms with Crippen LogP contribution in [0.15, 0.2) is 97.2 Å². The molecule has 1 heterocycles. The van der Waals surface area contributed by atoms with Crippen LogP contribution >= 0.6 is 0 Å². The molecule has 0 saturated heterocycles. The van der Waals surface area contributed by atoms with Gasteiger partial charge in [-0.25, -0.2) is 9.78 Å². The number of hydrogen-bond donors (Lipinski definition) is 4. The number of nitrogen functional groups attached to an aromatic ring is 1. The molecule has 0 unspecified atom stereocenters. The molecule has 0 aliphatic carbocycles. The summed E-state index contributed by atoms with van der Waals surface area (Å²) in [7, 11) is 0. The van der Waals surface area contributed by atoms with Gasteiger partial charge in [0.25, 0.3) is 5.91 Å². The topological polar surface area (TPSA) is 109 Å². The number of aromatic nitrogens is 1. The normalized spacial score (nSPS) is 10.4. The van der Waals surface area contributed by atoms with Gasteiger partial charge in [-0.05, 0) is 46.5 Å². The van der Waals surface area contributed by atoms with E-state index in [4.69, 9.17) is 5.73 Å². The quantitative estimate of drug-likeness (QED) is 0.330. The van der Waals surface area contributed by atoms with Gasteiger partial charge in [0, 0.05) is 36.6 Å². The fourth-order valence-corrected chi connectivity index (χ4v) is 3.42. The third-order valence-electron chi connectivity index (χ3n) is 5.20. The maximum Gasteiger partial charge on any atom is 0.315 e. The van der Waals surface area contributed by atoms with Crippen LogP contribution in [0.2, 0.25) is 0 Å². The first-order chi connectivity index (χ1) is 16.6. The Bertz CT molecular complexity index is 1270. The monoisotopic (exact) mass is 451 g/mol. The Morgan fingerprint density at radius 3 is 2.18 bits per heavy atom. The van der Waals surface area contributed by atoms with E-state index in [1.165, 1.54) is 6.20 Å². The fourth-order valence-electron chi connectivity index (χ4n) is 3.42. The predicted molar refractivity (Wildman–Crippen MR) is 134 cm³/mol. The SMILES string of the molecule is Nc1cc(NC(=O)c2ccc(CNC(=O)NCc3cccc(-c4ccccc4)c3)cc2)ccn1. The molecule has 0 fully saturated rings. The number of rotatable bonds is 7. The zero-order valence-electron chi connectivity index (χ0n) is 18.5. The van der Waals surface area contributed by atoms with Gasteiger partial charge in [0.1, 0.15) is 5.82 Å². The molecular weight excluding hydrogens is 426 g/mol. The Kier molecular flexibility index (Phi) is 7.15. The van der Waals surface area contributed by atoms with Crippen molar-refractivity contribution in [2.45, 2.75) is 13.1 Å². The highest BCUT2D eigenvalue weighted by Crippen LogP contribution is 2.20. The second-order valence-electron chi connectivity index (χ2n) is 7.72. The minimum atomic E-state index is -0.262. The standard InChI is InChI=1S/C27H25N5O2/c28-25-16-24(13-14-29-25)32-26(33)22-11-9-19(10-12-22)17-30-27(34)31-18-20-5-4-8-23(15-20)21-6-2-1-3-7-21/h1-16H,17-18H2,(H2,30,31,34)(H3,28,29,32,33). The van der Waals surface area contributed by atoms with Crippen LogP contribution < -0.4 is 21.7 Å². The molecule has 5 N–H and O–H groups in total.